The van der Waals surface area contributed by atoms with E-state index in [2.05, 4.69) is 43.6 Å². The molecule has 2 nitrogen and oxygen atoms in total. The number of hydrogen-bond acceptors (Lipinski definition) is 3. The van der Waals surface area contributed by atoms with E-state index in [1.807, 2.05) is 11.8 Å². The molecule has 1 heterocycles. The van der Waals surface area contributed by atoms with Gasteiger partial charge in [0.1, 0.15) is 5.75 Å². The van der Waals surface area contributed by atoms with E-state index >= 15 is 0 Å². The Morgan fingerprint density at radius 2 is 2.28 bits per heavy atom. The monoisotopic (exact) mass is 265 g/mol. The smallest absolute Gasteiger partial charge is 0.122 e. The maximum Gasteiger partial charge on any atom is 0.122 e. The van der Waals surface area contributed by atoms with Crippen LogP contribution in [-0.2, 0) is 6.42 Å². The summed E-state index contributed by atoms with van der Waals surface area (Å²) < 4.78 is 5.56. The van der Waals surface area contributed by atoms with Gasteiger partial charge < -0.3 is 10.1 Å². The van der Waals surface area contributed by atoms with Crippen LogP contribution in [0, 0.1) is 0 Å². The van der Waals surface area contributed by atoms with Gasteiger partial charge in [-0.1, -0.05) is 19.1 Å². The average Bonchev–Trinajstić information content (AvgIpc) is 2.83. The summed E-state index contributed by atoms with van der Waals surface area (Å²) in [6.45, 7) is 5.34. The zero-order valence-electron chi connectivity index (χ0n) is 11.5. The van der Waals surface area contributed by atoms with E-state index in [9.17, 15) is 0 Å². The topological polar surface area (TPSA) is 21.3 Å². The standard InChI is InChI=1S/C15H23NOS/c1-4-14(16-11(2)10-18-3)12-5-6-15-13(9-12)7-8-17-15/h5-6,9,11,14,16H,4,7-8,10H2,1-3H3. The lowest BCUT2D eigenvalue weighted by molar-refractivity contribution is 0.356. The molecule has 1 aliphatic rings. The quantitative estimate of drug-likeness (QED) is 0.851. The van der Waals surface area contributed by atoms with Crippen LogP contribution in [-0.4, -0.2) is 24.7 Å². The SMILES string of the molecule is CCC(NC(C)CSC)c1ccc2c(c1)CCO2. The molecule has 0 saturated heterocycles. The van der Waals surface area contributed by atoms with Gasteiger partial charge in [-0.2, -0.15) is 11.8 Å². The molecular weight excluding hydrogens is 242 g/mol. The van der Waals surface area contributed by atoms with Crippen molar-refractivity contribution in [3.63, 3.8) is 0 Å². The highest BCUT2D eigenvalue weighted by Crippen LogP contribution is 2.29. The summed E-state index contributed by atoms with van der Waals surface area (Å²) in [6, 6.07) is 7.65. The van der Waals surface area contributed by atoms with E-state index in [0.717, 1.165) is 31.0 Å². The van der Waals surface area contributed by atoms with E-state index in [-0.39, 0.29) is 0 Å². The van der Waals surface area contributed by atoms with Crippen molar-refractivity contribution in [1.82, 2.24) is 5.32 Å². The molecule has 0 aliphatic carbocycles. The Balaban J connectivity index is 2.07. The maximum atomic E-state index is 5.56. The minimum Gasteiger partial charge on any atom is -0.493 e. The fourth-order valence-corrected chi connectivity index (χ4v) is 3.11. The maximum absolute atomic E-state index is 5.56. The van der Waals surface area contributed by atoms with Crippen LogP contribution in [0.1, 0.15) is 37.4 Å². The van der Waals surface area contributed by atoms with Gasteiger partial charge in [-0.15, -0.1) is 0 Å². The van der Waals surface area contributed by atoms with E-state index in [4.69, 9.17) is 4.74 Å². The van der Waals surface area contributed by atoms with Crippen molar-refractivity contribution in [2.24, 2.45) is 0 Å². The molecule has 100 valence electrons. The number of hydrogen-bond donors (Lipinski definition) is 1. The summed E-state index contributed by atoms with van der Waals surface area (Å²) in [6.07, 6.45) is 4.34. The second-order valence-electron chi connectivity index (χ2n) is 4.95. The number of nitrogens with one attached hydrogen (secondary N) is 1. The third-order valence-corrected chi connectivity index (χ3v) is 4.26. The van der Waals surface area contributed by atoms with Gasteiger partial charge in [0, 0.05) is 24.3 Å². The fraction of sp³-hybridized carbons (Fsp3) is 0.600. The Morgan fingerprint density at radius 1 is 1.44 bits per heavy atom. The van der Waals surface area contributed by atoms with Crippen LogP contribution in [0.4, 0.5) is 0 Å². The molecular formula is C15H23NOS. The minimum absolute atomic E-state index is 0.457. The highest BCUT2D eigenvalue weighted by Gasteiger charge is 2.17. The summed E-state index contributed by atoms with van der Waals surface area (Å²) in [5.41, 5.74) is 2.76. The van der Waals surface area contributed by atoms with Crippen LogP contribution in [0.25, 0.3) is 0 Å². The minimum atomic E-state index is 0.457. The first-order valence-corrected chi connectivity index (χ1v) is 8.14. The number of benzene rings is 1. The number of ether oxygens (including phenoxy) is 1. The molecule has 2 rings (SSSR count). The van der Waals surface area contributed by atoms with Gasteiger partial charge in [0.05, 0.1) is 6.61 Å². The molecule has 0 bridgehead atoms. The van der Waals surface area contributed by atoms with Crippen molar-refractivity contribution < 1.29 is 4.74 Å². The predicted molar refractivity (Wildman–Crippen MR) is 79.7 cm³/mol. The second-order valence-corrected chi connectivity index (χ2v) is 5.86. The molecule has 0 spiro atoms. The molecule has 0 radical (unpaired) electrons. The molecule has 1 aromatic rings. The largest absolute Gasteiger partial charge is 0.493 e. The third-order valence-electron chi connectivity index (χ3n) is 3.43. The third kappa shape index (κ3) is 3.21. The van der Waals surface area contributed by atoms with E-state index in [0.29, 0.717) is 12.1 Å². The highest BCUT2D eigenvalue weighted by atomic mass is 32.2. The summed E-state index contributed by atoms with van der Waals surface area (Å²) in [5, 5.41) is 3.71. The molecule has 0 aromatic heterocycles. The summed E-state index contributed by atoms with van der Waals surface area (Å²) in [4.78, 5) is 0. The van der Waals surface area contributed by atoms with Crippen molar-refractivity contribution in [3.8, 4) is 5.75 Å². The van der Waals surface area contributed by atoms with Crippen molar-refractivity contribution in [2.45, 2.75) is 38.8 Å². The second kappa shape index (κ2) is 6.48. The number of rotatable bonds is 6. The zero-order valence-corrected chi connectivity index (χ0v) is 12.3. The van der Waals surface area contributed by atoms with Crippen LogP contribution >= 0.6 is 11.8 Å². The highest BCUT2D eigenvalue weighted by molar-refractivity contribution is 7.98. The lowest BCUT2D eigenvalue weighted by atomic mass is 10.00. The van der Waals surface area contributed by atoms with Crippen LogP contribution < -0.4 is 10.1 Å². The predicted octanol–water partition coefficient (Wildman–Crippen LogP) is 3.41. The van der Waals surface area contributed by atoms with Gasteiger partial charge in [-0.25, -0.2) is 0 Å². The van der Waals surface area contributed by atoms with Crippen molar-refractivity contribution in [2.75, 3.05) is 18.6 Å². The van der Waals surface area contributed by atoms with Gasteiger partial charge in [0.25, 0.3) is 0 Å². The van der Waals surface area contributed by atoms with Crippen LogP contribution in [0.3, 0.4) is 0 Å². The van der Waals surface area contributed by atoms with Gasteiger partial charge >= 0.3 is 0 Å². The summed E-state index contributed by atoms with van der Waals surface area (Å²) in [5.74, 6) is 2.23. The van der Waals surface area contributed by atoms with E-state index in [1.54, 1.807) is 0 Å². The first-order chi connectivity index (χ1) is 8.74. The molecule has 0 fully saturated rings. The normalized spacial score (nSPS) is 17.1. The lowest BCUT2D eigenvalue weighted by Crippen LogP contribution is -2.32. The molecule has 0 amide bonds. The molecule has 1 aliphatic heterocycles. The Labute approximate surface area is 114 Å². The van der Waals surface area contributed by atoms with Crippen molar-refractivity contribution >= 4 is 11.8 Å². The Morgan fingerprint density at radius 3 is 3.00 bits per heavy atom. The van der Waals surface area contributed by atoms with Crippen LogP contribution in [0.5, 0.6) is 5.75 Å². The Hall–Kier alpha value is -0.670. The first-order valence-electron chi connectivity index (χ1n) is 6.75. The molecule has 1 N–H and O–H groups in total. The molecule has 1 aromatic carbocycles. The molecule has 2 unspecified atom stereocenters. The molecule has 0 saturated carbocycles. The van der Waals surface area contributed by atoms with E-state index in [1.165, 1.54) is 11.1 Å². The average molecular weight is 265 g/mol. The number of thioether (sulfide) groups is 1. The van der Waals surface area contributed by atoms with Gasteiger partial charge in [-0.05, 0) is 36.8 Å². The lowest BCUT2D eigenvalue weighted by Gasteiger charge is -2.22. The van der Waals surface area contributed by atoms with Crippen LogP contribution in [0.15, 0.2) is 18.2 Å². The van der Waals surface area contributed by atoms with Crippen molar-refractivity contribution in [1.29, 1.82) is 0 Å². The van der Waals surface area contributed by atoms with E-state index < -0.39 is 0 Å². The van der Waals surface area contributed by atoms with Gasteiger partial charge in [-0.3, -0.25) is 0 Å². The Bertz CT molecular complexity index is 394. The Kier molecular flexibility index (Phi) is 4.95. The molecule has 2 atom stereocenters. The zero-order chi connectivity index (χ0) is 13.0. The fourth-order valence-electron chi connectivity index (χ4n) is 2.51. The number of fused-ring (bicyclic) bond motifs is 1. The molecule has 3 heteroatoms. The van der Waals surface area contributed by atoms with Gasteiger partial charge in [0.2, 0.25) is 0 Å². The van der Waals surface area contributed by atoms with Crippen LogP contribution in [0.2, 0.25) is 0 Å². The molecule has 18 heavy (non-hydrogen) atoms. The first kappa shape index (κ1) is 13.8. The summed E-state index contributed by atoms with van der Waals surface area (Å²) in [7, 11) is 0. The summed E-state index contributed by atoms with van der Waals surface area (Å²) >= 11 is 1.89. The van der Waals surface area contributed by atoms with Gasteiger partial charge in [0.15, 0.2) is 0 Å². The van der Waals surface area contributed by atoms with Crippen molar-refractivity contribution in [3.05, 3.63) is 29.3 Å².